The van der Waals surface area contributed by atoms with Gasteiger partial charge in [0.25, 0.3) is 0 Å². The van der Waals surface area contributed by atoms with Crippen LogP contribution >= 0.6 is 0 Å². The van der Waals surface area contributed by atoms with E-state index in [9.17, 15) is 4.39 Å². The molecule has 2 aliphatic heterocycles. The number of hydrogen-bond acceptors (Lipinski definition) is 2. The Morgan fingerprint density at radius 3 is 2.58 bits per heavy atom. The van der Waals surface area contributed by atoms with Gasteiger partial charge in [0.2, 0.25) is 0 Å². The van der Waals surface area contributed by atoms with Crippen LogP contribution in [0.1, 0.15) is 19.3 Å². The number of halogens is 1. The molecule has 0 saturated carbocycles. The molecule has 0 aromatic carbocycles. The van der Waals surface area contributed by atoms with Crippen LogP contribution in [0.5, 0.6) is 0 Å². The molecule has 3 unspecified atom stereocenters. The predicted octanol–water partition coefficient (Wildman–Crippen LogP) is 0.891. The molecule has 0 amide bonds. The third-order valence-corrected chi connectivity index (χ3v) is 3.16. The molecule has 2 fully saturated rings. The Bertz CT molecular complexity index is 145. The Balaban J connectivity index is 1.85. The summed E-state index contributed by atoms with van der Waals surface area (Å²) < 4.78 is 13.0. The minimum Gasteiger partial charge on any atom is -0.316 e. The Morgan fingerprint density at radius 2 is 1.92 bits per heavy atom. The summed E-state index contributed by atoms with van der Waals surface area (Å²) in [6.07, 6.45) is 2.39. The molecule has 2 aliphatic rings. The third-order valence-electron chi connectivity index (χ3n) is 3.16. The van der Waals surface area contributed by atoms with Gasteiger partial charge in [0.05, 0.1) is 0 Å². The monoisotopic (exact) mass is 172 g/mol. The zero-order valence-corrected chi connectivity index (χ0v) is 7.35. The van der Waals surface area contributed by atoms with Crippen molar-refractivity contribution in [3.8, 4) is 0 Å². The van der Waals surface area contributed by atoms with Crippen LogP contribution in [0.3, 0.4) is 0 Å². The summed E-state index contributed by atoms with van der Waals surface area (Å²) in [5, 5.41) is 6.19. The lowest BCUT2D eigenvalue weighted by Crippen LogP contribution is -2.37. The first-order chi connectivity index (χ1) is 5.86. The Kier molecular flexibility index (Phi) is 2.61. The molecule has 2 heterocycles. The van der Waals surface area contributed by atoms with Crippen molar-refractivity contribution in [2.24, 2.45) is 11.8 Å². The van der Waals surface area contributed by atoms with Crippen LogP contribution in [-0.2, 0) is 0 Å². The van der Waals surface area contributed by atoms with Gasteiger partial charge in [-0.25, -0.2) is 4.39 Å². The summed E-state index contributed by atoms with van der Waals surface area (Å²) in [7, 11) is 0. The minimum atomic E-state index is -0.746. The molecular weight excluding hydrogens is 155 g/mol. The number of piperidine rings is 1. The molecule has 0 bridgehead atoms. The van der Waals surface area contributed by atoms with Gasteiger partial charge in [0, 0.05) is 0 Å². The van der Waals surface area contributed by atoms with Gasteiger partial charge in [-0.1, -0.05) is 0 Å². The molecule has 0 spiro atoms. The van der Waals surface area contributed by atoms with E-state index >= 15 is 0 Å². The summed E-state index contributed by atoms with van der Waals surface area (Å²) in [4.78, 5) is 0. The van der Waals surface area contributed by atoms with E-state index in [0.717, 1.165) is 38.4 Å². The SMILES string of the molecule is FC1CC(C2CCNC2)CCN1. The van der Waals surface area contributed by atoms with Crippen LogP contribution in [0.15, 0.2) is 0 Å². The van der Waals surface area contributed by atoms with Crippen LogP contribution in [0.4, 0.5) is 4.39 Å². The van der Waals surface area contributed by atoms with Gasteiger partial charge in [-0.2, -0.15) is 0 Å². The van der Waals surface area contributed by atoms with Crippen molar-refractivity contribution in [2.75, 3.05) is 19.6 Å². The van der Waals surface area contributed by atoms with Crippen molar-refractivity contribution in [1.82, 2.24) is 10.6 Å². The number of hydrogen-bond donors (Lipinski definition) is 2. The van der Waals surface area contributed by atoms with E-state index in [1.807, 2.05) is 0 Å². The number of alkyl halides is 1. The Morgan fingerprint density at radius 1 is 1.08 bits per heavy atom. The first kappa shape index (κ1) is 8.45. The topological polar surface area (TPSA) is 24.1 Å². The normalized spacial score (nSPS) is 43.2. The number of nitrogens with one attached hydrogen (secondary N) is 2. The van der Waals surface area contributed by atoms with Crippen molar-refractivity contribution in [2.45, 2.75) is 25.6 Å². The molecule has 0 aliphatic carbocycles. The molecule has 0 aromatic rings. The van der Waals surface area contributed by atoms with Crippen LogP contribution in [-0.4, -0.2) is 25.9 Å². The smallest absolute Gasteiger partial charge is 0.151 e. The van der Waals surface area contributed by atoms with Gasteiger partial charge in [-0.3, -0.25) is 5.32 Å². The Hall–Kier alpha value is -0.150. The second kappa shape index (κ2) is 3.71. The standard InChI is InChI=1S/C9H17FN2/c10-9-5-7(2-4-12-9)8-1-3-11-6-8/h7-9,11-12H,1-6H2. The zero-order chi connectivity index (χ0) is 8.39. The maximum Gasteiger partial charge on any atom is 0.151 e. The molecule has 2 nitrogen and oxygen atoms in total. The van der Waals surface area contributed by atoms with Gasteiger partial charge in [-0.05, 0) is 50.7 Å². The van der Waals surface area contributed by atoms with Gasteiger partial charge >= 0.3 is 0 Å². The first-order valence-electron chi connectivity index (χ1n) is 4.94. The first-order valence-corrected chi connectivity index (χ1v) is 4.94. The van der Waals surface area contributed by atoms with Crippen molar-refractivity contribution >= 4 is 0 Å². The average molecular weight is 172 g/mol. The molecule has 2 saturated heterocycles. The minimum absolute atomic E-state index is 0.622. The van der Waals surface area contributed by atoms with E-state index in [1.54, 1.807) is 0 Å². The molecule has 2 rings (SSSR count). The molecule has 3 heteroatoms. The average Bonchev–Trinajstić information content (AvgIpc) is 2.56. The molecular formula is C9H17FN2. The van der Waals surface area contributed by atoms with Crippen molar-refractivity contribution < 1.29 is 4.39 Å². The van der Waals surface area contributed by atoms with Crippen molar-refractivity contribution in [3.63, 3.8) is 0 Å². The van der Waals surface area contributed by atoms with Crippen LogP contribution < -0.4 is 10.6 Å². The predicted molar refractivity (Wildman–Crippen MR) is 46.6 cm³/mol. The second-order valence-electron chi connectivity index (χ2n) is 3.96. The maximum absolute atomic E-state index is 13.0. The van der Waals surface area contributed by atoms with Gasteiger partial charge < -0.3 is 5.32 Å². The summed E-state index contributed by atoms with van der Waals surface area (Å²) in [6.45, 7) is 3.10. The highest BCUT2D eigenvalue weighted by Gasteiger charge is 2.29. The fraction of sp³-hybridized carbons (Fsp3) is 1.00. The summed E-state index contributed by atoms with van der Waals surface area (Å²) in [5.41, 5.74) is 0. The molecule has 3 atom stereocenters. The lowest BCUT2D eigenvalue weighted by atomic mass is 9.84. The van der Waals surface area contributed by atoms with Crippen LogP contribution in [0.2, 0.25) is 0 Å². The fourth-order valence-electron chi connectivity index (χ4n) is 2.40. The quantitative estimate of drug-likeness (QED) is 0.574. The third kappa shape index (κ3) is 1.77. The van der Waals surface area contributed by atoms with E-state index in [0.29, 0.717) is 5.92 Å². The highest BCUT2D eigenvalue weighted by atomic mass is 19.1. The van der Waals surface area contributed by atoms with Gasteiger partial charge in [0.1, 0.15) is 0 Å². The lowest BCUT2D eigenvalue weighted by molar-refractivity contribution is 0.144. The highest BCUT2D eigenvalue weighted by molar-refractivity contribution is 4.82. The molecule has 2 N–H and O–H groups in total. The fourth-order valence-corrected chi connectivity index (χ4v) is 2.40. The van der Waals surface area contributed by atoms with E-state index in [-0.39, 0.29) is 0 Å². The maximum atomic E-state index is 13.0. The highest BCUT2D eigenvalue weighted by Crippen LogP contribution is 2.28. The largest absolute Gasteiger partial charge is 0.316 e. The van der Waals surface area contributed by atoms with E-state index in [2.05, 4.69) is 10.6 Å². The number of rotatable bonds is 1. The lowest BCUT2D eigenvalue weighted by Gasteiger charge is -2.29. The molecule has 0 aromatic heterocycles. The molecule has 12 heavy (non-hydrogen) atoms. The van der Waals surface area contributed by atoms with E-state index in [4.69, 9.17) is 0 Å². The van der Waals surface area contributed by atoms with Crippen molar-refractivity contribution in [3.05, 3.63) is 0 Å². The Labute approximate surface area is 72.9 Å². The summed E-state index contributed by atoms with van der Waals surface area (Å²) >= 11 is 0. The van der Waals surface area contributed by atoms with Gasteiger partial charge in [-0.15, -0.1) is 0 Å². The summed E-state index contributed by atoms with van der Waals surface area (Å²) in [5.74, 6) is 1.36. The molecule has 70 valence electrons. The van der Waals surface area contributed by atoms with Crippen LogP contribution in [0.25, 0.3) is 0 Å². The second-order valence-corrected chi connectivity index (χ2v) is 3.96. The van der Waals surface area contributed by atoms with E-state index in [1.165, 1.54) is 6.42 Å². The van der Waals surface area contributed by atoms with Gasteiger partial charge in [0.15, 0.2) is 6.30 Å². The summed E-state index contributed by atoms with van der Waals surface area (Å²) in [6, 6.07) is 0. The van der Waals surface area contributed by atoms with Crippen molar-refractivity contribution in [1.29, 1.82) is 0 Å². The molecule has 0 radical (unpaired) electrons. The zero-order valence-electron chi connectivity index (χ0n) is 7.35. The van der Waals surface area contributed by atoms with E-state index < -0.39 is 6.30 Å². The van der Waals surface area contributed by atoms with Crippen LogP contribution in [0, 0.1) is 11.8 Å².